The largest absolute Gasteiger partial charge is 0.329 e. The van der Waals surface area contributed by atoms with Crippen LogP contribution in [-0.2, 0) is 6.42 Å². The third-order valence-electron chi connectivity index (χ3n) is 4.07. The van der Waals surface area contributed by atoms with Crippen LogP contribution in [-0.4, -0.2) is 30.6 Å². The first-order valence-corrected chi connectivity index (χ1v) is 7.13. The van der Waals surface area contributed by atoms with E-state index in [1.165, 1.54) is 18.4 Å². The normalized spacial score (nSPS) is 14.7. The molecule has 1 aromatic carbocycles. The molecule has 0 saturated heterocycles. The van der Waals surface area contributed by atoms with Crippen molar-refractivity contribution < 1.29 is 0 Å². The van der Waals surface area contributed by atoms with Crippen molar-refractivity contribution in [2.45, 2.75) is 45.1 Å². The summed E-state index contributed by atoms with van der Waals surface area (Å²) in [6, 6.07) is 10.7. The van der Waals surface area contributed by atoms with Crippen molar-refractivity contribution in [2.75, 3.05) is 20.1 Å². The molecular formula is C16H28N2. The molecule has 0 heterocycles. The van der Waals surface area contributed by atoms with Crippen LogP contribution in [0.5, 0.6) is 0 Å². The summed E-state index contributed by atoms with van der Waals surface area (Å²) in [5.41, 5.74) is 7.59. The van der Waals surface area contributed by atoms with Gasteiger partial charge in [0.05, 0.1) is 0 Å². The first kappa shape index (κ1) is 15.2. The Labute approximate surface area is 112 Å². The van der Waals surface area contributed by atoms with Crippen molar-refractivity contribution in [3.05, 3.63) is 35.9 Å². The van der Waals surface area contributed by atoms with Gasteiger partial charge in [0.15, 0.2) is 0 Å². The van der Waals surface area contributed by atoms with Crippen molar-refractivity contribution in [1.82, 2.24) is 4.90 Å². The maximum Gasteiger partial charge on any atom is 0.0366 e. The highest BCUT2D eigenvalue weighted by atomic mass is 15.2. The van der Waals surface area contributed by atoms with Crippen molar-refractivity contribution in [3.8, 4) is 0 Å². The number of likely N-dealkylation sites (N-methyl/N-ethyl adjacent to an activating group) is 1. The number of hydrogen-bond acceptors (Lipinski definition) is 2. The minimum Gasteiger partial charge on any atom is -0.329 e. The van der Waals surface area contributed by atoms with E-state index in [0.29, 0.717) is 0 Å². The lowest BCUT2D eigenvalue weighted by Crippen LogP contribution is -2.53. The Hall–Kier alpha value is -0.860. The zero-order valence-electron chi connectivity index (χ0n) is 12.2. The molecule has 18 heavy (non-hydrogen) atoms. The summed E-state index contributed by atoms with van der Waals surface area (Å²) in [4.78, 5) is 2.46. The molecular weight excluding hydrogens is 220 g/mol. The molecule has 0 radical (unpaired) electrons. The van der Waals surface area contributed by atoms with E-state index in [1.54, 1.807) is 0 Å². The fourth-order valence-corrected chi connectivity index (χ4v) is 2.51. The molecule has 0 saturated carbocycles. The zero-order chi connectivity index (χ0) is 13.4. The van der Waals surface area contributed by atoms with Gasteiger partial charge in [-0.15, -0.1) is 0 Å². The van der Waals surface area contributed by atoms with Crippen LogP contribution in [0.3, 0.4) is 0 Å². The quantitative estimate of drug-likeness (QED) is 0.766. The van der Waals surface area contributed by atoms with Gasteiger partial charge >= 0.3 is 0 Å². The van der Waals surface area contributed by atoms with E-state index in [1.807, 2.05) is 0 Å². The summed E-state index contributed by atoms with van der Waals surface area (Å²) in [5, 5.41) is 0. The molecule has 0 bridgehead atoms. The second-order valence-electron chi connectivity index (χ2n) is 5.22. The highest BCUT2D eigenvalue weighted by Gasteiger charge is 2.31. The van der Waals surface area contributed by atoms with E-state index in [4.69, 9.17) is 5.73 Å². The Bertz CT molecular complexity index is 317. The molecule has 2 N–H and O–H groups in total. The van der Waals surface area contributed by atoms with Crippen molar-refractivity contribution >= 4 is 0 Å². The number of nitrogens with two attached hydrogens (primary N) is 1. The molecule has 1 rings (SSSR count). The van der Waals surface area contributed by atoms with Crippen LogP contribution >= 0.6 is 0 Å². The predicted octanol–water partition coefficient (Wildman–Crippen LogP) is 3.07. The Morgan fingerprint density at radius 2 is 1.83 bits per heavy atom. The molecule has 0 aromatic heterocycles. The molecule has 0 amide bonds. The van der Waals surface area contributed by atoms with Crippen molar-refractivity contribution in [2.24, 2.45) is 5.73 Å². The van der Waals surface area contributed by atoms with Crippen LogP contribution in [0.25, 0.3) is 0 Å². The van der Waals surface area contributed by atoms with Gasteiger partial charge < -0.3 is 5.73 Å². The molecule has 102 valence electrons. The standard InChI is InChI=1S/C16H28N2/c1-4-6-12-18(3)16(5-2,14-17)13-15-10-8-7-9-11-15/h7-11H,4-6,12-14,17H2,1-3H3. The number of rotatable bonds is 8. The first-order valence-electron chi connectivity index (χ1n) is 7.13. The van der Waals surface area contributed by atoms with Gasteiger partial charge in [0.1, 0.15) is 0 Å². The number of nitrogens with zero attached hydrogens (tertiary/aromatic N) is 1. The van der Waals surface area contributed by atoms with Gasteiger partial charge in [-0.3, -0.25) is 4.90 Å². The number of hydrogen-bond donors (Lipinski definition) is 1. The lowest BCUT2D eigenvalue weighted by Gasteiger charge is -2.41. The Morgan fingerprint density at radius 1 is 1.17 bits per heavy atom. The smallest absolute Gasteiger partial charge is 0.0366 e. The SMILES string of the molecule is CCCCN(C)C(CC)(CN)Cc1ccccc1. The van der Waals surface area contributed by atoms with Gasteiger partial charge in [-0.25, -0.2) is 0 Å². The van der Waals surface area contributed by atoms with E-state index in [2.05, 4.69) is 56.1 Å². The van der Waals surface area contributed by atoms with E-state index in [9.17, 15) is 0 Å². The minimum absolute atomic E-state index is 0.108. The second-order valence-corrected chi connectivity index (χ2v) is 5.22. The highest BCUT2D eigenvalue weighted by Crippen LogP contribution is 2.23. The van der Waals surface area contributed by atoms with E-state index in [0.717, 1.165) is 25.9 Å². The molecule has 2 heteroatoms. The second kappa shape index (κ2) is 7.55. The summed E-state index contributed by atoms with van der Waals surface area (Å²) in [7, 11) is 2.22. The topological polar surface area (TPSA) is 29.3 Å². The van der Waals surface area contributed by atoms with E-state index < -0.39 is 0 Å². The van der Waals surface area contributed by atoms with E-state index in [-0.39, 0.29) is 5.54 Å². The fourth-order valence-electron chi connectivity index (χ4n) is 2.51. The summed E-state index contributed by atoms with van der Waals surface area (Å²) < 4.78 is 0. The maximum absolute atomic E-state index is 6.10. The van der Waals surface area contributed by atoms with Crippen molar-refractivity contribution in [1.29, 1.82) is 0 Å². The summed E-state index contributed by atoms with van der Waals surface area (Å²) in [6.07, 6.45) is 4.62. The highest BCUT2D eigenvalue weighted by molar-refractivity contribution is 5.18. The van der Waals surface area contributed by atoms with Gasteiger partial charge in [-0.2, -0.15) is 0 Å². The zero-order valence-corrected chi connectivity index (χ0v) is 12.2. The lowest BCUT2D eigenvalue weighted by molar-refractivity contribution is 0.118. The molecule has 0 aliphatic heterocycles. The monoisotopic (exact) mass is 248 g/mol. The Kier molecular flexibility index (Phi) is 6.37. The van der Waals surface area contributed by atoms with Gasteiger partial charge in [-0.05, 0) is 38.4 Å². The predicted molar refractivity (Wildman–Crippen MR) is 79.8 cm³/mol. The van der Waals surface area contributed by atoms with Crippen LogP contribution in [0.4, 0.5) is 0 Å². The first-order chi connectivity index (χ1) is 8.68. The van der Waals surface area contributed by atoms with Crippen LogP contribution in [0.2, 0.25) is 0 Å². The third-order valence-corrected chi connectivity index (χ3v) is 4.07. The van der Waals surface area contributed by atoms with Crippen LogP contribution < -0.4 is 5.73 Å². The minimum atomic E-state index is 0.108. The Morgan fingerprint density at radius 3 is 2.33 bits per heavy atom. The average molecular weight is 248 g/mol. The van der Waals surface area contributed by atoms with E-state index >= 15 is 0 Å². The fraction of sp³-hybridized carbons (Fsp3) is 0.625. The Balaban J connectivity index is 2.79. The molecule has 1 unspecified atom stereocenters. The molecule has 0 fully saturated rings. The number of benzene rings is 1. The summed E-state index contributed by atoms with van der Waals surface area (Å²) in [6.45, 7) is 6.34. The third kappa shape index (κ3) is 3.82. The van der Waals surface area contributed by atoms with Gasteiger partial charge in [-0.1, -0.05) is 50.6 Å². The summed E-state index contributed by atoms with van der Waals surface area (Å²) >= 11 is 0. The van der Waals surface area contributed by atoms with Crippen LogP contribution in [0, 0.1) is 0 Å². The molecule has 0 aliphatic carbocycles. The van der Waals surface area contributed by atoms with Gasteiger partial charge in [0.25, 0.3) is 0 Å². The van der Waals surface area contributed by atoms with Gasteiger partial charge in [0, 0.05) is 12.1 Å². The van der Waals surface area contributed by atoms with Crippen LogP contribution in [0.1, 0.15) is 38.7 Å². The number of unbranched alkanes of at least 4 members (excludes halogenated alkanes) is 1. The van der Waals surface area contributed by atoms with Crippen LogP contribution in [0.15, 0.2) is 30.3 Å². The molecule has 0 spiro atoms. The average Bonchev–Trinajstić information content (AvgIpc) is 2.43. The van der Waals surface area contributed by atoms with Gasteiger partial charge in [0.2, 0.25) is 0 Å². The molecule has 1 aromatic rings. The molecule has 2 nitrogen and oxygen atoms in total. The summed E-state index contributed by atoms with van der Waals surface area (Å²) in [5.74, 6) is 0. The molecule has 1 atom stereocenters. The maximum atomic E-state index is 6.10. The van der Waals surface area contributed by atoms with Crippen molar-refractivity contribution in [3.63, 3.8) is 0 Å². The lowest BCUT2D eigenvalue weighted by atomic mass is 9.86. The molecule has 0 aliphatic rings.